The molecule has 2 aromatic carbocycles. The normalized spacial score (nSPS) is 10.2. The van der Waals surface area contributed by atoms with E-state index in [1.54, 1.807) is 24.3 Å². The minimum Gasteiger partial charge on any atom is -0.497 e. The van der Waals surface area contributed by atoms with Crippen LogP contribution in [-0.2, 0) is 4.74 Å². The molecule has 0 fully saturated rings. The lowest BCUT2D eigenvalue weighted by Crippen LogP contribution is -2.15. The number of benzene rings is 2. The molecule has 1 N–H and O–H groups in total. The average Bonchev–Trinajstić information content (AvgIpc) is 3.16. The maximum Gasteiger partial charge on any atom is 0.350 e. The zero-order valence-electron chi connectivity index (χ0n) is 15.6. The van der Waals surface area contributed by atoms with Crippen LogP contribution in [0.5, 0.6) is 11.5 Å². The number of rotatable bonds is 6. The van der Waals surface area contributed by atoms with Gasteiger partial charge in [0.1, 0.15) is 16.4 Å². The second-order valence-corrected chi connectivity index (χ2v) is 6.78. The van der Waals surface area contributed by atoms with Crippen molar-refractivity contribution in [3.63, 3.8) is 0 Å². The molecule has 0 unspecified atom stereocenters. The van der Waals surface area contributed by atoms with Gasteiger partial charge in [-0.05, 0) is 23.8 Å². The summed E-state index contributed by atoms with van der Waals surface area (Å²) >= 11 is 1.26. The minimum absolute atomic E-state index is 0.321. The Morgan fingerprint density at radius 1 is 0.929 bits per heavy atom. The summed E-state index contributed by atoms with van der Waals surface area (Å²) < 4.78 is 15.3. The quantitative estimate of drug-likeness (QED) is 0.621. The first-order chi connectivity index (χ1) is 13.6. The lowest BCUT2D eigenvalue weighted by atomic mass is 10.1. The Morgan fingerprint density at radius 2 is 1.68 bits per heavy atom. The highest BCUT2D eigenvalue weighted by Crippen LogP contribution is 2.36. The molecule has 0 spiro atoms. The van der Waals surface area contributed by atoms with Gasteiger partial charge in [0, 0.05) is 10.9 Å². The van der Waals surface area contributed by atoms with Gasteiger partial charge in [-0.15, -0.1) is 11.3 Å². The maximum absolute atomic E-state index is 12.8. The van der Waals surface area contributed by atoms with E-state index in [0.29, 0.717) is 27.6 Å². The smallest absolute Gasteiger partial charge is 0.350 e. The molecule has 0 aliphatic heterocycles. The molecule has 1 heterocycles. The fourth-order valence-corrected chi connectivity index (χ4v) is 3.69. The predicted molar refractivity (Wildman–Crippen MR) is 109 cm³/mol. The van der Waals surface area contributed by atoms with Crippen molar-refractivity contribution in [3.8, 4) is 21.9 Å². The molecule has 144 valence electrons. The summed E-state index contributed by atoms with van der Waals surface area (Å²) in [5, 5.41) is 2.79. The molecule has 0 saturated carbocycles. The molecule has 7 heteroatoms. The van der Waals surface area contributed by atoms with E-state index in [0.717, 1.165) is 10.4 Å². The van der Waals surface area contributed by atoms with Gasteiger partial charge in [-0.3, -0.25) is 4.79 Å². The van der Waals surface area contributed by atoms with Crippen molar-refractivity contribution in [1.29, 1.82) is 0 Å². The monoisotopic (exact) mass is 397 g/mol. The van der Waals surface area contributed by atoms with Crippen molar-refractivity contribution < 1.29 is 23.8 Å². The van der Waals surface area contributed by atoms with Crippen LogP contribution in [0.15, 0.2) is 54.6 Å². The van der Waals surface area contributed by atoms with Crippen LogP contribution in [0.3, 0.4) is 0 Å². The largest absolute Gasteiger partial charge is 0.497 e. The van der Waals surface area contributed by atoms with Gasteiger partial charge in [-0.1, -0.05) is 30.3 Å². The third-order valence-electron chi connectivity index (χ3n) is 4.06. The Labute approximate surface area is 166 Å². The SMILES string of the molecule is COC(=O)c1sc(-c2ccccc2)cc1NC(=O)c1ccc(OC)cc1OC. The van der Waals surface area contributed by atoms with Crippen molar-refractivity contribution in [3.05, 3.63) is 65.0 Å². The van der Waals surface area contributed by atoms with Crippen molar-refractivity contribution in [2.24, 2.45) is 0 Å². The van der Waals surface area contributed by atoms with Crippen LogP contribution in [-0.4, -0.2) is 33.2 Å². The fourth-order valence-electron chi connectivity index (χ4n) is 2.65. The number of esters is 1. The number of nitrogens with one attached hydrogen (secondary N) is 1. The van der Waals surface area contributed by atoms with Gasteiger partial charge in [-0.25, -0.2) is 4.79 Å². The van der Waals surface area contributed by atoms with E-state index in [2.05, 4.69) is 5.32 Å². The van der Waals surface area contributed by atoms with Gasteiger partial charge < -0.3 is 19.5 Å². The Hall–Kier alpha value is -3.32. The summed E-state index contributed by atoms with van der Waals surface area (Å²) in [5.74, 6) is 0.0340. The molecule has 0 atom stereocenters. The summed E-state index contributed by atoms with van der Waals surface area (Å²) in [6.45, 7) is 0. The van der Waals surface area contributed by atoms with E-state index < -0.39 is 11.9 Å². The molecular weight excluding hydrogens is 378 g/mol. The van der Waals surface area contributed by atoms with Gasteiger partial charge in [-0.2, -0.15) is 0 Å². The first-order valence-corrected chi connectivity index (χ1v) is 9.20. The first kappa shape index (κ1) is 19.4. The Kier molecular flexibility index (Phi) is 5.96. The van der Waals surface area contributed by atoms with Gasteiger partial charge in [0.2, 0.25) is 0 Å². The summed E-state index contributed by atoms with van der Waals surface area (Å²) in [5.41, 5.74) is 1.66. The number of ether oxygens (including phenoxy) is 3. The number of amides is 1. The highest BCUT2D eigenvalue weighted by molar-refractivity contribution is 7.18. The van der Waals surface area contributed by atoms with Gasteiger partial charge >= 0.3 is 5.97 Å². The second kappa shape index (κ2) is 8.58. The molecule has 0 saturated heterocycles. The summed E-state index contributed by atoms with van der Waals surface area (Å²) in [7, 11) is 4.32. The number of methoxy groups -OCH3 is 3. The lowest BCUT2D eigenvalue weighted by molar-refractivity contribution is 0.0607. The fraction of sp³-hybridized carbons (Fsp3) is 0.143. The topological polar surface area (TPSA) is 73.9 Å². The third kappa shape index (κ3) is 3.99. The van der Waals surface area contributed by atoms with Crippen molar-refractivity contribution in [2.45, 2.75) is 0 Å². The van der Waals surface area contributed by atoms with Crippen LogP contribution in [0, 0.1) is 0 Å². The van der Waals surface area contributed by atoms with Crippen LogP contribution >= 0.6 is 11.3 Å². The second-order valence-electron chi connectivity index (χ2n) is 5.73. The van der Waals surface area contributed by atoms with Crippen LogP contribution in [0.25, 0.3) is 10.4 Å². The van der Waals surface area contributed by atoms with E-state index >= 15 is 0 Å². The Bertz CT molecular complexity index is 997. The van der Waals surface area contributed by atoms with E-state index in [1.165, 1.54) is 32.7 Å². The highest BCUT2D eigenvalue weighted by atomic mass is 32.1. The molecule has 0 radical (unpaired) electrons. The average molecular weight is 397 g/mol. The number of thiophene rings is 1. The van der Waals surface area contributed by atoms with Crippen LogP contribution in [0.4, 0.5) is 5.69 Å². The van der Waals surface area contributed by atoms with Crippen molar-refractivity contribution >= 4 is 28.9 Å². The molecule has 0 aliphatic rings. The van der Waals surface area contributed by atoms with Crippen LogP contribution < -0.4 is 14.8 Å². The molecule has 1 aromatic heterocycles. The van der Waals surface area contributed by atoms with Crippen LogP contribution in [0.2, 0.25) is 0 Å². The highest BCUT2D eigenvalue weighted by Gasteiger charge is 2.21. The molecule has 28 heavy (non-hydrogen) atoms. The third-order valence-corrected chi connectivity index (χ3v) is 5.23. The Morgan fingerprint density at radius 3 is 2.32 bits per heavy atom. The molecule has 1 amide bonds. The zero-order valence-corrected chi connectivity index (χ0v) is 16.5. The summed E-state index contributed by atoms with van der Waals surface area (Å²) in [6.07, 6.45) is 0. The first-order valence-electron chi connectivity index (χ1n) is 8.38. The zero-order chi connectivity index (χ0) is 20.1. The van der Waals surface area contributed by atoms with E-state index in [-0.39, 0.29) is 0 Å². The van der Waals surface area contributed by atoms with Crippen molar-refractivity contribution in [2.75, 3.05) is 26.6 Å². The van der Waals surface area contributed by atoms with E-state index in [9.17, 15) is 9.59 Å². The predicted octanol–water partition coefficient (Wildman–Crippen LogP) is 4.47. The number of hydrogen-bond donors (Lipinski definition) is 1. The molecule has 0 bridgehead atoms. The van der Waals surface area contributed by atoms with Gasteiger partial charge in [0.15, 0.2) is 0 Å². The summed E-state index contributed by atoms with van der Waals surface area (Å²) in [6, 6.07) is 16.3. The molecule has 6 nitrogen and oxygen atoms in total. The lowest BCUT2D eigenvalue weighted by Gasteiger charge is -2.11. The Balaban J connectivity index is 1.96. The van der Waals surface area contributed by atoms with Gasteiger partial charge in [0.25, 0.3) is 5.91 Å². The molecule has 3 rings (SSSR count). The maximum atomic E-state index is 12.8. The number of carbonyl (C=O) groups excluding carboxylic acids is 2. The molecule has 0 aliphatic carbocycles. The number of hydrogen-bond acceptors (Lipinski definition) is 6. The number of carbonyl (C=O) groups is 2. The van der Waals surface area contributed by atoms with Crippen molar-refractivity contribution in [1.82, 2.24) is 0 Å². The van der Waals surface area contributed by atoms with E-state index in [1.807, 2.05) is 30.3 Å². The van der Waals surface area contributed by atoms with Gasteiger partial charge in [0.05, 0.1) is 32.6 Å². The minimum atomic E-state index is -0.510. The summed E-state index contributed by atoms with van der Waals surface area (Å²) in [4.78, 5) is 26.2. The standard InChI is InChI=1S/C21H19NO5S/c1-25-14-9-10-15(17(11-14)26-2)20(23)22-16-12-18(13-7-5-4-6-8-13)28-19(16)21(24)27-3/h4-12H,1-3H3,(H,22,23). The molecular formula is C21H19NO5S. The number of anilines is 1. The van der Waals surface area contributed by atoms with E-state index in [4.69, 9.17) is 14.2 Å². The molecule has 3 aromatic rings. The van der Waals surface area contributed by atoms with Crippen LogP contribution in [0.1, 0.15) is 20.0 Å².